The van der Waals surface area contributed by atoms with E-state index in [-0.39, 0.29) is 22.5 Å². The Bertz CT molecular complexity index is 457. The molecule has 1 rings (SSSR count). The number of nitrogens with one attached hydrogen (secondary N) is 2. The van der Waals surface area contributed by atoms with E-state index < -0.39 is 5.82 Å². The van der Waals surface area contributed by atoms with E-state index in [0.29, 0.717) is 12.1 Å². The van der Waals surface area contributed by atoms with E-state index in [1.165, 1.54) is 6.07 Å². The summed E-state index contributed by atoms with van der Waals surface area (Å²) in [6.07, 6.45) is 0. The maximum Gasteiger partial charge on any atom is 0.237 e. The smallest absolute Gasteiger partial charge is 0.237 e. The average molecular weight is 287 g/mol. The van der Waals surface area contributed by atoms with Crippen LogP contribution in [0.3, 0.4) is 0 Å². The Labute approximate surface area is 118 Å². The lowest BCUT2D eigenvalue weighted by atomic mass is 10.1. The van der Waals surface area contributed by atoms with Crippen molar-refractivity contribution in [3.8, 4) is 0 Å². The quantitative estimate of drug-likeness (QED) is 0.894. The minimum absolute atomic E-state index is 0.0958. The van der Waals surface area contributed by atoms with Gasteiger partial charge in [-0.25, -0.2) is 4.39 Å². The zero-order valence-corrected chi connectivity index (χ0v) is 12.4. The number of hydrogen-bond donors (Lipinski definition) is 2. The molecule has 0 fully saturated rings. The Balaban J connectivity index is 2.57. The van der Waals surface area contributed by atoms with Crippen molar-refractivity contribution >= 4 is 17.5 Å². The van der Waals surface area contributed by atoms with Gasteiger partial charge in [-0.2, -0.15) is 0 Å². The summed E-state index contributed by atoms with van der Waals surface area (Å²) in [7, 11) is 0. The maximum atomic E-state index is 13.2. The van der Waals surface area contributed by atoms with E-state index in [0.717, 1.165) is 0 Å². The highest BCUT2D eigenvalue weighted by molar-refractivity contribution is 6.31. The van der Waals surface area contributed by atoms with Gasteiger partial charge in [-0.05, 0) is 39.3 Å². The fraction of sp³-hybridized carbons (Fsp3) is 0.500. The number of benzene rings is 1. The van der Waals surface area contributed by atoms with E-state index in [9.17, 15) is 9.18 Å². The molecule has 0 saturated carbocycles. The topological polar surface area (TPSA) is 41.1 Å². The lowest BCUT2D eigenvalue weighted by Gasteiger charge is -2.23. The lowest BCUT2D eigenvalue weighted by Crippen LogP contribution is -2.49. The van der Waals surface area contributed by atoms with Crippen LogP contribution in [-0.4, -0.2) is 17.5 Å². The molecule has 19 heavy (non-hydrogen) atoms. The molecule has 0 aromatic heterocycles. The summed E-state index contributed by atoms with van der Waals surface area (Å²) in [6, 6.07) is 4.26. The van der Waals surface area contributed by atoms with Gasteiger partial charge in [0.05, 0.1) is 11.1 Å². The molecule has 106 valence electrons. The van der Waals surface area contributed by atoms with Gasteiger partial charge in [0.15, 0.2) is 0 Å². The molecule has 0 heterocycles. The molecule has 3 nitrogen and oxygen atoms in total. The van der Waals surface area contributed by atoms with E-state index in [2.05, 4.69) is 10.6 Å². The molecule has 1 aromatic carbocycles. The zero-order valence-electron chi connectivity index (χ0n) is 11.7. The Morgan fingerprint density at radius 1 is 1.42 bits per heavy atom. The summed E-state index contributed by atoms with van der Waals surface area (Å²) >= 11 is 5.85. The molecule has 1 atom stereocenters. The number of hydrogen-bond acceptors (Lipinski definition) is 2. The molecule has 0 spiro atoms. The first kappa shape index (κ1) is 15.9. The monoisotopic (exact) mass is 286 g/mol. The van der Waals surface area contributed by atoms with Crippen LogP contribution in [0.15, 0.2) is 18.2 Å². The van der Waals surface area contributed by atoms with Crippen molar-refractivity contribution in [3.05, 3.63) is 34.6 Å². The standard InChI is InChI=1S/C14H20ClFN2O/c1-9(13(19)18-14(2,3)4)17-8-10-6-5-7-11(16)12(10)15/h5-7,9,17H,8H2,1-4H3,(H,18,19). The number of carbonyl (C=O) groups is 1. The normalized spacial score (nSPS) is 13.2. The van der Waals surface area contributed by atoms with Crippen molar-refractivity contribution < 1.29 is 9.18 Å². The third kappa shape index (κ3) is 5.17. The number of carbonyl (C=O) groups excluding carboxylic acids is 1. The van der Waals surface area contributed by atoms with E-state index in [1.54, 1.807) is 19.1 Å². The van der Waals surface area contributed by atoms with Crippen molar-refractivity contribution in [3.63, 3.8) is 0 Å². The molecule has 0 aliphatic rings. The van der Waals surface area contributed by atoms with Gasteiger partial charge in [-0.1, -0.05) is 23.7 Å². The van der Waals surface area contributed by atoms with Gasteiger partial charge in [0.25, 0.3) is 0 Å². The van der Waals surface area contributed by atoms with Crippen LogP contribution in [0.1, 0.15) is 33.3 Å². The highest BCUT2D eigenvalue weighted by Gasteiger charge is 2.19. The van der Waals surface area contributed by atoms with Crippen molar-refractivity contribution in [1.29, 1.82) is 0 Å². The fourth-order valence-corrected chi connectivity index (χ4v) is 1.71. The van der Waals surface area contributed by atoms with Crippen LogP contribution in [0.4, 0.5) is 4.39 Å². The molecule has 5 heteroatoms. The summed E-state index contributed by atoms with van der Waals surface area (Å²) in [5, 5.41) is 5.99. The average Bonchev–Trinajstić information content (AvgIpc) is 2.28. The minimum atomic E-state index is -0.451. The summed E-state index contributed by atoms with van der Waals surface area (Å²) in [5.41, 5.74) is 0.362. The van der Waals surface area contributed by atoms with Crippen LogP contribution >= 0.6 is 11.6 Å². The van der Waals surface area contributed by atoms with Gasteiger partial charge < -0.3 is 10.6 Å². The molecule has 0 radical (unpaired) electrons. The summed E-state index contributed by atoms with van der Waals surface area (Å²) in [5.74, 6) is -0.548. The first-order valence-corrected chi connectivity index (χ1v) is 6.57. The predicted molar refractivity (Wildman–Crippen MR) is 75.6 cm³/mol. The second-order valence-electron chi connectivity index (χ2n) is 5.55. The first-order valence-electron chi connectivity index (χ1n) is 6.19. The summed E-state index contributed by atoms with van der Waals surface area (Å²) in [4.78, 5) is 11.9. The second kappa shape index (κ2) is 6.35. The van der Waals surface area contributed by atoms with Gasteiger partial charge in [0.2, 0.25) is 5.91 Å². The minimum Gasteiger partial charge on any atom is -0.350 e. The molecule has 0 bridgehead atoms. The summed E-state index contributed by atoms with van der Waals surface area (Å²) < 4.78 is 13.2. The molecule has 0 saturated heterocycles. The molecule has 1 aromatic rings. The molecular formula is C14H20ClFN2O. The third-order valence-corrected chi connectivity index (χ3v) is 2.95. The van der Waals surface area contributed by atoms with Crippen molar-refractivity contribution in [1.82, 2.24) is 10.6 Å². The van der Waals surface area contributed by atoms with Gasteiger partial charge in [0, 0.05) is 12.1 Å². The van der Waals surface area contributed by atoms with Crippen LogP contribution in [0.5, 0.6) is 0 Å². The van der Waals surface area contributed by atoms with E-state index in [1.807, 2.05) is 20.8 Å². The summed E-state index contributed by atoms with van der Waals surface area (Å²) in [6.45, 7) is 7.85. The number of amides is 1. The van der Waals surface area contributed by atoms with Crippen LogP contribution in [0.25, 0.3) is 0 Å². The first-order chi connectivity index (χ1) is 8.70. The van der Waals surface area contributed by atoms with Crippen molar-refractivity contribution in [2.45, 2.75) is 45.8 Å². The largest absolute Gasteiger partial charge is 0.350 e. The Morgan fingerprint density at radius 2 is 2.05 bits per heavy atom. The number of halogens is 2. The van der Waals surface area contributed by atoms with Crippen LogP contribution in [0, 0.1) is 5.82 Å². The van der Waals surface area contributed by atoms with Crippen LogP contribution in [0.2, 0.25) is 5.02 Å². The van der Waals surface area contributed by atoms with Gasteiger partial charge in [0.1, 0.15) is 5.82 Å². The van der Waals surface area contributed by atoms with Gasteiger partial charge >= 0.3 is 0 Å². The Kier molecular flexibility index (Phi) is 5.32. The molecule has 0 aliphatic carbocycles. The van der Waals surface area contributed by atoms with Gasteiger partial charge in [-0.15, -0.1) is 0 Å². The molecule has 1 unspecified atom stereocenters. The Morgan fingerprint density at radius 3 is 2.63 bits per heavy atom. The van der Waals surface area contributed by atoms with Crippen molar-refractivity contribution in [2.75, 3.05) is 0 Å². The molecule has 2 N–H and O–H groups in total. The second-order valence-corrected chi connectivity index (χ2v) is 5.93. The van der Waals surface area contributed by atoms with Crippen LogP contribution < -0.4 is 10.6 Å². The third-order valence-electron chi connectivity index (χ3n) is 2.52. The lowest BCUT2D eigenvalue weighted by molar-refractivity contribution is -0.124. The predicted octanol–water partition coefficient (Wildman–Crippen LogP) is 2.87. The molecule has 0 aliphatic heterocycles. The highest BCUT2D eigenvalue weighted by Crippen LogP contribution is 2.19. The van der Waals surface area contributed by atoms with Gasteiger partial charge in [-0.3, -0.25) is 4.79 Å². The van der Waals surface area contributed by atoms with Crippen molar-refractivity contribution in [2.24, 2.45) is 0 Å². The number of rotatable bonds is 4. The zero-order chi connectivity index (χ0) is 14.6. The fourth-order valence-electron chi connectivity index (χ4n) is 1.52. The van der Waals surface area contributed by atoms with E-state index in [4.69, 9.17) is 11.6 Å². The van der Waals surface area contributed by atoms with E-state index >= 15 is 0 Å². The highest BCUT2D eigenvalue weighted by atomic mass is 35.5. The molecule has 1 amide bonds. The Hall–Kier alpha value is -1.13. The molecular weight excluding hydrogens is 267 g/mol. The van der Waals surface area contributed by atoms with Crippen LogP contribution in [-0.2, 0) is 11.3 Å². The SMILES string of the molecule is CC(NCc1cccc(F)c1Cl)C(=O)NC(C)(C)C. The maximum absolute atomic E-state index is 13.2.